The number of hydrogen-bond donors (Lipinski definition) is 1. The Kier molecular flexibility index (Phi) is 5.68. The molecule has 1 saturated heterocycles. The number of methoxy groups -OCH3 is 1. The van der Waals surface area contributed by atoms with Crippen molar-refractivity contribution in [3.63, 3.8) is 0 Å². The molecule has 3 heterocycles. The van der Waals surface area contributed by atoms with Crippen LogP contribution >= 0.6 is 0 Å². The molecule has 4 rings (SSSR count). The molecule has 0 spiro atoms. The second-order valence-electron chi connectivity index (χ2n) is 9.12. The third-order valence-corrected chi connectivity index (χ3v) is 6.62. The molecule has 1 saturated carbocycles. The van der Waals surface area contributed by atoms with E-state index in [1.807, 2.05) is 19.9 Å². The lowest BCUT2D eigenvalue weighted by molar-refractivity contribution is -0.183. The van der Waals surface area contributed by atoms with Crippen LogP contribution in [0.15, 0.2) is 34.6 Å². The van der Waals surface area contributed by atoms with Crippen molar-refractivity contribution in [2.75, 3.05) is 7.11 Å². The summed E-state index contributed by atoms with van der Waals surface area (Å²) in [5, 5.41) is 9.45. The normalized spacial score (nSPS) is 30.7. The smallest absolute Gasteiger partial charge is 0.320 e. The molecule has 1 amide bonds. The molecular weight excluding hydrogens is 402 g/mol. The van der Waals surface area contributed by atoms with Gasteiger partial charge in [0.1, 0.15) is 11.2 Å². The first kappa shape index (κ1) is 21.6. The van der Waals surface area contributed by atoms with Gasteiger partial charge in [-0.2, -0.15) is 0 Å². The molecule has 0 bridgehead atoms. The average molecular weight is 431 g/mol. The summed E-state index contributed by atoms with van der Waals surface area (Å²) < 4.78 is 17.2. The van der Waals surface area contributed by atoms with Crippen LogP contribution in [0.4, 0.5) is 0 Å². The van der Waals surface area contributed by atoms with Crippen LogP contribution in [0.3, 0.4) is 0 Å². The number of ether oxygens (including phenoxy) is 2. The Bertz CT molecular complexity index is 886. The number of likely N-dealkylation sites (tertiary alicyclic amines) is 1. The molecule has 0 radical (unpaired) electrons. The molecule has 2 aliphatic heterocycles. The van der Waals surface area contributed by atoms with Gasteiger partial charge in [0.25, 0.3) is 0 Å². The molecule has 1 N–H and O–H groups in total. The topological polar surface area (TPSA) is 106 Å². The molecule has 31 heavy (non-hydrogen) atoms. The maximum atomic E-state index is 13.5. The van der Waals surface area contributed by atoms with Gasteiger partial charge in [0.05, 0.1) is 44.5 Å². The highest BCUT2D eigenvalue weighted by molar-refractivity contribution is 5.92. The van der Waals surface area contributed by atoms with E-state index in [0.717, 1.165) is 12.8 Å². The molecule has 2 fully saturated rings. The number of amides is 1. The first-order chi connectivity index (χ1) is 14.8. The van der Waals surface area contributed by atoms with Gasteiger partial charge in [-0.15, -0.1) is 0 Å². The summed E-state index contributed by atoms with van der Waals surface area (Å²) in [5.74, 6) is -1.86. The minimum Gasteiger partial charge on any atom is -0.481 e. The van der Waals surface area contributed by atoms with Gasteiger partial charge in [0.15, 0.2) is 0 Å². The molecule has 8 nitrogen and oxygen atoms in total. The number of esters is 1. The van der Waals surface area contributed by atoms with Crippen molar-refractivity contribution in [3.05, 3.63) is 35.9 Å². The van der Waals surface area contributed by atoms with Gasteiger partial charge in [0.2, 0.25) is 5.91 Å². The predicted molar refractivity (Wildman–Crippen MR) is 108 cm³/mol. The van der Waals surface area contributed by atoms with Crippen molar-refractivity contribution in [1.82, 2.24) is 4.90 Å². The van der Waals surface area contributed by atoms with Crippen LogP contribution in [-0.4, -0.2) is 47.2 Å². The van der Waals surface area contributed by atoms with Crippen LogP contribution in [0.1, 0.15) is 45.3 Å². The van der Waals surface area contributed by atoms with Crippen molar-refractivity contribution in [1.29, 1.82) is 0 Å². The van der Waals surface area contributed by atoms with Crippen LogP contribution in [0.25, 0.3) is 0 Å². The van der Waals surface area contributed by atoms with Crippen LogP contribution < -0.4 is 0 Å². The van der Waals surface area contributed by atoms with E-state index in [2.05, 4.69) is 0 Å². The highest BCUT2D eigenvalue weighted by Crippen LogP contribution is 2.56. The minimum absolute atomic E-state index is 0.0667. The maximum Gasteiger partial charge on any atom is 0.320 e. The molecule has 0 aromatic carbocycles. The van der Waals surface area contributed by atoms with Crippen LogP contribution in [0, 0.1) is 23.2 Å². The highest BCUT2D eigenvalue weighted by atomic mass is 16.5. The van der Waals surface area contributed by atoms with Crippen molar-refractivity contribution in [2.24, 2.45) is 23.2 Å². The van der Waals surface area contributed by atoms with E-state index in [1.54, 1.807) is 12.1 Å². The zero-order valence-corrected chi connectivity index (χ0v) is 18.1. The quantitative estimate of drug-likeness (QED) is 0.662. The number of hydrogen-bond acceptors (Lipinski definition) is 6. The number of carbonyl (C=O) groups is 3. The Hall–Kier alpha value is -2.61. The van der Waals surface area contributed by atoms with Crippen LogP contribution in [0.5, 0.6) is 0 Å². The van der Waals surface area contributed by atoms with Gasteiger partial charge >= 0.3 is 11.9 Å². The van der Waals surface area contributed by atoms with Gasteiger partial charge < -0.3 is 23.9 Å². The molecule has 4 atom stereocenters. The van der Waals surface area contributed by atoms with Crippen molar-refractivity contribution in [2.45, 2.75) is 58.3 Å². The number of furan rings is 1. The predicted octanol–water partition coefficient (Wildman–Crippen LogP) is 2.98. The Labute approximate surface area is 181 Å². The third-order valence-electron chi connectivity index (χ3n) is 6.62. The maximum absolute atomic E-state index is 13.5. The van der Waals surface area contributed by atoms with E-state index < -0.39 is 29.4 Å². The average Bonchev–Trinajstić information content (AvgIpc) is 3.44. The lowest BCUT2D eigenvalue weighted by Crippen LogP contribution is -2.61. The van der Waals surface area contributed by atoms with Crippen molar-refractivity contribution >= 4 is 17.8 Å². The van der Waals surface area contributed by atoms with E-state index in [0.29, 0.717) is 11.5 Å². The summed E-state index contributed by atoms with van der Waals surface area (Å²) in [6.07, 6.45) is 4.22. The number of rotatable bonds is 7. The number of piperidine rings is 1. The van der Waals surface area contributed by atoms with E-state index in [1.165, 1.54) is 18.3 Å². The summed E-state index contributed by atoms with van der Waals surface area (Å²) in [7, 11) is 1.33. The molecule has 1 aromatic heterocycles. The molecule has 3 aliphatic rings. The Morgan fingerprint density at radius 1 is 1.35 bits per heavy atom. The number of aliphatic carboxylic acids is 1. The zero-order chi connectivity index (χ0) is 22.3. The van der Waals surface area contributed by atoms with Gasteiger partial charge in [0, 0.05) is 5.70 Å². The van der Waals surface area contributed by atoms with Gasteiger partial charge in [-0.25, -0.2) is 0 Å². The summed E-state index contributed by atoms with van der Waals surface area (Å²) in [4.78, 5) is 39.9. The summed E-state index contributed by atoms with van der Waals surface area (Å²) >= 11 is 0. The number of carboxylic acids is 1. The highest BCUT2D eigenvalue weighted by Gasteiger charge is 2.63. The largest absolute Gasteiger partial charge is 0.481 e. The van der Waals surface area contributed by atoms with Crippen molar-refractivity contribution in [3.8, 4) is 0 Å². The molecule has 1 aliphatic carbocycles. The Morgan fingerprint density at radius 2 is 2.10 bits per heavy atom. The van der Waals surface area contributed by atoms with Gasteiger partial charge in [-0.1, -0.05) is 13.8 Å². The fourth-order valence-electron chi connectivity index (χ4n) is 4.98. The summed E-state index contributed by atoms with van der Waals surface area (Å²) in [5.41, 5.74) is -0.661. The monoisotopic (exact) mass is 431 g/mol. The first-order valence-corrected chi connectivity index (χ1v) is 10.8. The first-order valence-electron chi connectivity index (χ1n) is 10.8. The number of fused-ring (bicyclic) bond motifs is 1. The lowest BCUT2D eigenvalue weighted by atomic mass is 9.64. The second kappa shape index (κ2) is 8.15. The number of nitrogens with zero attached hydrogens (tertiary/aromatic N) is 1. The molecule has 168 valence electrons. The zero-order valence-electron chi connectivity index (χ0n) is 18.1. The molecule has 1 aromatic rings. The van der Waals surface area contributed by atoms with E-state index in [4.69, 9.17) is 13.9 Å². The van der Waals surface area contributed by atoms with Crippen LogP contribution in [-0.2, 0) is 30.4 Å². The molecular formula is C23H29NO7. The van der Waals surface area contributed by atoms with E-state index in [9.17, 15) is 19.5 Å². The minimum atomic E-state index is -1.22. The summed E-state index contributed by atoms with van der Waals surface area (Å²) in [6, 6.07) is 3.49. The van der Waals surface area contributed by atoms with Gasteiger partial charge in [-0.3, -0.25) is 14.4 Å². The Morgan fingerprint density at radius 3 is 2.65 bits per heavy atom. The van der Waals surface area contributed by atoms with Crippen LogP contribution in [0.2, 0.25) is 0 Å². The number of carbonyl (C=O) groups excluding carboxylic acids is 2. The van der Waals surface area contributed by atoms with E-state index >= 15 is 0 Å². The standard InChI is InChI=1S/C23H29NO7/c1-13(2)17-10-18-23(22(28)29-3,20(31-17)14-6-7-14)11-15(9-19(25)26)21(27)24(18)12-16-5-4-8-30-16/h4-5,8,10,13-15,17,20H,6-7,9,11-12H2,1-3H3,(H,25,26)/t15-,17-,20-,23-/m0/s1. The lowest BCUT2D eigenvalue weighted by Gasteiger charge is -2.52. The number of carboxylic acid groups (broad SMARTS) is 1. The molecule has 0 unspecified atom stereocenters. The Balaban J connectivity index is 1.87. The fraction of sp³-hybridized carbons (Fsp3) is 0.609. The van der Waals surface area contributed by atoms with Gasteiger partial charge in [-0.05, 0) is 49.3 Å². The fourth-order valence-corrected chi connectivity index (χ4v) is 4.98. The SMILES string of the molecule is COC(=O)[C@@]12C[C@H](CC(=O)O)C(=O)N(Cc3ccco3)C1=C[C@@H](C(C)C)O[C@H]2C1CC1. The molecule has 8 heteroatoms. The van der Waals surface area contributed by atoms with Crippen molar-refractivity contribution < 1.29 is 33.4 Å². The third kappa shape index (κ3) is 3.78. The van der Waals surface area contributed by atoms with E-state index in [-0.39, 0.29) is 43.2 Å². The summed E-state index contributed by atoms with van der Waals surface area (Å²) in [6.45, 7) is 4.19. The second-order valence-corrected chi connectivity index (χ2v) is 9.12.